The van der Waals surface area contributed by atoms with Crippen molar-refractivity contribution in [3.05, 3.63) is 29.3 Å². The second-order valence-corrected chi connectivity index (χ2v) is 5.86. The number of hydrogen-bond acceptors (Lipinski definition) is 5. The standard InChI is InChI=1S/C17H25NO5/c1-17(2,3)23-16(20)18-8-6-7-13-14(21-4)9-12(11-19)10-15(13)22-5/h6-7,9-10,19H,8,11H2,1-5H3,(H,18,20). The molecule has 0 unspecified atom stereocenters. The number of alkyl carbamates (subject to hydrolysis) is 1. The number of aliphatic hydroxyl groups is 1. The highest BCUT2D eigenvalue weighted by molar-refractivity contribution is 5.69. The summed E-state index contributed by atoms with van der Waals surface area (Å²) < 4.78 is 15.8. The number of benzene rings is 1. The van der Waals surface area contributed by atoms with Gasteiger partial charge in [0.25, 0.3) is 0 Å². The van der Waals surface area contributed by atoms with Crippen molar-refractivity contribution in [2.75, 3.05) is 20.8 Å². The van der Waals surface area contributed by atoms with Gasteiger partial charge in [-0.1, -0.05) is 6.08 Å². The Morgan fingerprint density at radius 1 is 1.22 bits per heavy atom. The van der Waals surface area contributed by atoms with E-state index in [1.807, 2.05) is 0 Å². The van der Waals surface area contributed by atoms with Crippen LogP contribution in [0.4, 0.5) is 4.79 Å². The first-order valence-corrected chi connectivity index (χ1v) is 7.30. The molecule has 0 aliphatic rings. The highest BCUT2D eigenvalue weighted by Gasteiger charge is 2.15. The zero-order valence-corrected chi connectivity index (χ0v) is 14.3. The average molecular weight is 323 g/mol. The van der Waals surface area contributed by atoms with Gasteiger partial charge in [0.2, 0.25) is 0 Å². The summed E-state index contributed by atoms with van der Waals surface area (Å²) >= 11 is 0. The normalized spacial score (nSPS) is 11.4. The molecular weight excluding hydrogens is 298 g/mol. The van der Waals surface area contributed by atoms with E-state index in [9.17, 15) is 9.90 Å². The molecule has 2 N–H and O–H groups in total. The van der Waals surface area contributed by atoms with E-state index in [1.165, 1.54) is 0 Å². The van der Waals surface area contributed by atoms with Crippen LogP contribution in [0.15, 0.2) is 18.2 Å². The van der Waals surface area contributed by atoms with E-state index in [2.05, 4.69) is 5.32 Å². The molecule has 1 amide bonds. The monoisotopic (exact) mass is 323 g/mol. The largest absolute Gasteiger partial charge is 0.496 e. The topological polar surface area (TPSA) is 77.0 Å². The Balaban J connectivity index is 2.78. The van der Waals surface area contributed by atoms with Crippen molar-refractivity contribution in [1.29, 1.82) is 0 Å². The predicted octanol–water partition coefficient (Wildman–Crippen LogP) is 2.73. The highest BCUT2D eigenvalue weighted by Crippen LogP contribution is 2.31. The second-order valence-electron chi connectivity index (χ2n) is 5.86. The quantitative estimate of drug-likeness (QED) is 0.842. The van der Waals surface area contributed by atoms with Gasteiger partial charge in [0.15, 0.2) is 0 Å². The molecule has 0 aliphatic heterocycles. The molecule has 0 heterocycles. The minimum Gasteiger partial charge on any atom is -0.496 e. The fraction of sp³-hybridized carbons (Fsp3) is 0.471. The molecule has 23 heavy (non-hydrogen) atoms. The lowest BCUT2D eigenvalue weighted by atomic mass is 10.1. The van der Waals surface area contributed by atoms with Crippen LogP contribution in [-0.2, 0) is 11.3 Å². The smallest absolute Gasteiger partial charge is 0.407 e. The zero-order chi connectivity index (χ0) is 17.5. The molecule has 0 aromatic heterocycles. The number of aliphatic hydroxyl groups excluding tert-OH is 1. The molecule has 0 spiro atoms. The minimum absolute atomic E-state index is 0.100. The van der Waals surface area contributed by atoms with Gasteiger partial charge in [-0.2, -0.15) is 0 Å². The number of hydrogen-bond donors (Lipinski definition) is 2. The number of carbonyl (C=O) groups excluding carboxylic acids is 1. The van der Waals surface area contributed by atoms with Crippen LogP contribution >= 0.6 is 0 Å². The SMILES string of the molecule is COc1cc(CO)cc(OC)c1C=CCNC(=O)OC(C)(C)C. The van der Waals surface area contributed by atoms with Gasteiger partial charge in [-0.25, -0.2) is 4.79 Å². The molecule has 0 aliphatic carbocycles. The number of carbonyl (C=O) groups is 1. The van der Waals surface area contributed by atoms with E-state index in [4.69, 9.17) is 14.2 Å². The Labute approximate surface area is 137 Å². The third-order valence-corrected chi connectivity index (χ3v) is 2.83. The maximum absolute atomic E-state index is 11.6. The van der Waals surface area contributed by atoms with E-state index >= 15 is 0 Å². The summed E-state index contributed by atoms with van der Waals surface area (Å²) in [5, 5.41) is 11.9. The Kier molecular flexibility index (Phi) is 6.90. The first-order valence-electron chi connectivity index (χ1n) is 7.30. The first-order chi connectivity index (χ1) is 10.8. The number of nitrogens with one attached hydrogen (secondary N) is 1. The van der Waals surface area contributed by atoms with Crippen molar-refractivity contribution in [1.82, 2.24) is 5.32 Å². The van der Waals surface area contributed by atoms with Gasteiger partial charge in [-0.3, -0.25) is 0 Å². The number of amides is 1. The Morgan fingerprint density at radius 3 is 2.22 bits per heavy atom. The van der Waals surface area contributed by atoms with Crippen LogP contribution in [-0.4, -0.2) is 37.6 Å². The summed E-state index contributed by atoms with van der Waals surface area (Å²) in [6.45, 7) is 5.63. The lowest BCUT2D eigenvalue weighted by Crippen LogP contribution is -2.32. The molecule has 1 aromatic carbocycles. The molecule has 1 aromatic rings. The van der Waals surface area contributed by atoms with Gasteiger partial charge in [-0.05, 0) is 44.5 Å². The second kappa shape index (κ2) is 8.43. The molecule has 0 saturated carbocycles. The molecule has 6 heteroatoms. The molecule has 0 radical (unpaired) electrons. The molecule has 0 fully saturated rings. The van der Waals surface area contributed by atoms with Gasteiger partial charge in [0.1, 0.15) is 17.1 Å². The predicted molar refractivity (Wildman–Crippen MR) is 88.7 cm³/mol. The molecular formula is C17H25NO5. The zero-order valence-electron chi connectivity index (χ0n) is 14.3. The van der Waals surface area contributed by atoms with Crippen LogP contribution < -0.4 is 14.8 Å². The molecule has 0 saturated heterocycles. The van der Waals surface area contributed by atoms with Crippen molar-refractivity contribution in [3.63, 3.8) is 0 Å². The molecule has 0 atom stereocenters. The van der Waals surface area contributed by atoms with E-state index in [-0.39, 0.29) is 6.61 Å². The van der Waals surface area contributed by atoms with Gasteiger partial charge in [0.05, 0.1) is 26.4 Å². The average Bonchev–Trinajstić information content (AvgIpc) is 2.49. The van der Waals surface area contributed by atoms with Gasteiger partial charge in [-0.15, -0.1) is 0 Å². The van der Waals surface area contributed by atoms with Gasteiger partial charge < -0.3 is 24.6 Å². The fourth-order valence-corrected chi connectivity index (χ4v) is 1.88. The molecule has 6 nitrogen and oxygen atoms in total. The third-order valence-electron chi connectivity index (χ3n) is 2.83. The lowest BCUT2D eigenvalue weighted by Gasteiger charge is -2.19. The van der Waals surface area contributed by atoms with Crippen LogP contribution in [0.1, 0.15) is 31.9 Å². The Bertz CT molecular complexity index is 536. The summed E-state index contributed by atoms with van der Waals surface area (Å²) in [7, 11) is 3.10. The van der Waals surface area contributed by atoms with Crippen molar-refractivity contribution in [2.45, 2.75) is 33.0 Å². The highest BCUT2D eigenvalue weighted by atomic mass is 16.6. The van der Waals surface area contributed by atoms with E-state index in [0.29, 0.717) is 23.6 Å². The minimum atomic E-state index is -0.527. The van der Waals surface area contributed by atoms with Crippen molar-refractivity contribution < 1.29 is 24.1 Å². The van der Waals surface area contributed by atoms with Crippen molar-refractivity contribution in [3.8, 4) is 11.5 Å². The van der Waals surface area contributed by atoms with Crippen LogP contribution in [0.5, 0.6) is 11.5 Å². The number of ether oxygens (including phenoxy) is 3. The molecule has 128 valence electrons. The third kappa shape index (κ3) is 6.20. The number of rotatable bonds is 6. The van der Waals surface area contributed by atoms with E-state index < -0.39 is 11.7 Å². The summed E-state index contributed by atoms with van der Waals surface area (Å²) in [6, 6.07) is 3.48. The van der Waals surface area contributed by atoms with Crippen molar-refractivity contribution >= 4 is 12.2 Å². The van der Waals surface area contributed by atoms with Crippen LogP contribution in [0.2, 0.25) is 0 Å². The summed E-state index contributed by atoms with van der Waals surface area (Å²) in [4.78, 5) is 11.6. The first kappa shape index (κ1) is 18.8. The Morgan fingerprint density at radius 2 is 1.78 bits per heavy atom. The maximum atomic E-state index is 11.6. The van der Waals surface area contributed by atoms with Crippen LogP contribution in [0.3, 0.4) is 0 Å². The Hall–Kier alpha value is -2.21. The summed E-state index contributed by atoms with van der Waals surface area (Å²) in [6.07, 6.45) is 3.08. The van der Waals surface area contributed by atoms with E-state index in [0.717, 1.165) is 5.56 Å². The maximum Gasteiger partial charge on any atom is 0.407 e. The van der Waals surface area contributed by atoms with Gasteiger partial charge in [0, 0.05) is 6.54 Å². The number of methoxy groups -OCH3 is 2. The van der Waals surface area contributed by atoms with Crippen molar-refractivity contribution in [2.24, 2.45) is 0 Å². The van der Waals surface area contributed by atoms with Crippen LogP contribution in [0, 0.1) is 0 Å². The summed E-state index contributed by atoms with van der Waals surface area (Å²) in [5.41, 5.74) is 0.904. The lowest BCUT2D eigenvalue weighted by molar-refractivity contribution is 0.0534. The van der Waals surface area contributed by atoms with E-state index in [1.54, 1.807) is 59.3 Å². The summed E-state index contributed by atoms with van der Waals surface area (Å²) in [5.74, 6) is 1.17. The fourth-order valence-electron chi connectivity index (χ4n) is 1.88. The van der Waals surface area contributed by atoms with Crippen LogP contribution in [0.25, 0.3) is 6.08 Å². The van der Waals surface area contributed by atoms with Gasteiger partial charge >= 0.3 is 6.09 Å². The molecule has 0 bridgehead atoms. The molecule has 1 rings (SSSR count).